The molecule has 2 nitrogen and oxygen atoms in total. The second kappa shape index (κ2) is 7.79. The van der Waals surface area contributed by atoms with Crippen LogP contribution >= 0.6 is 0 Å². The molecule has 3 aliphatic rings. The van der Waals surface area contributed by atoms with Gasteiger partial charge in [0.2, 0.25) is 0 Å². The zero-order chi connectivity index (χ0) is 15.4. The number of piperidine rings is 1. The Kier molecular flexibility index (Phi) is 5.76. The molecule has 1 fully saturated rings. The predicted octanol–water partition coefficient (Wildman–Crippen LogP) is 4.65. The molecule has 0 aromatic heterocycles. The van der Waals surface area contributed by atoms with Crippen molar-refractivity contribution in [3.8, 4) is 0 Å². The van der Waals surface area contributed by atoms with Crippen molar-refractivity contribution in [2.45, 2.75) is 77.4 Å². The van der Waals surface area contributed by atoms with Gasteiger partial charge in [-0.1, -0.05) is 36.6 Å². The summed E-state index contributed by atoms with van der Waals surface area (Å²) < 4.78 is 0. The van der Waals surface area contributed by atoms with Gasteiger partial charge < -0.3 is 5.11 Å². The second-order valence-electron chi connectivity index (χ2n) is 7.52. The zero-order valence-electron chi connectivity index (χ0n) is 14.3. The van der Waals surface area contributed by atoms with E-state index in [2.05, 4.69) is 24.0 Å². The first-order valence-electron chi connectivity index (χ1n) is 9.57. The van der Waals surface area contributed by atoms with Crippen LogP contribution in [-0.4, -0.2) is 29.3 Å². The van der Waals surface area contributed by atoms with Gasteiger partial charge in [-0.25, -0.2) is 0 Å². The topological polar surface area (TPSA) is 23.5 Å². The van der Waals surface area contributed by atoms with Crippen LogP contribution in [0.3, 0.4) is 0 Å². The van der Waals surface area contributed by atoms with Crippen LogP contribution in [0, 0.1) is 11.8 Å². The Bertz CT molecular complexity index is 419. The number of hydrogen-bond acceptors (Lipinski definition) is 2. The molecule has 124 valence electrons. The smallest absolute Gasteiger partial charge is 0.110 e. The van der Waals surface area contributed by atoms with E-state index in [9.17, 15) is 5.11 Å². The summed E-state index contributed by atoms with van der Waals surface area (Å²) >= 11 is 0. The van der Waals surface area contributed by atoms with Gasteiger partial charge in [0.05, 0.1) is 0 Å². The molecule has 1 heterocycles. The number of nitrogens with zero attached hydrogens (tertiary/aromatic N) is 1. The lowest BCUT2D eigenvalue weighted by molar-refractivity contribution is -0.0529. The van der Waals surface area contributed by atoms with Crippen molar-refractivity contribution in [2.75, 3.05) is 13.1 Å². The van der Waals surface area contributed by atoms with E-state index in [1.54, 1.807) is 11.1 Å². The Hall–Kier alpha value is -0.600. The summed E-state index contributed by atoms with van der Waals surface area (Å²) in [4.78, 5) is 2.34. The van der Waals surface area contributed by atoms with Crippen LogP contribution < -0.4 is 0 Å². The van der Waals surface area contributed by atoms with Crippen molar-refractivity contribution < 1.29 is 5.11 Å². The van der Waals surface area contributed by atoms with Gasteiger partial charge in [0.25, 0.3) is 0 Å². The molecule has 0 aromatic rings. The molecule has 1 aliphatic heterocycles. The monoisotopic (exact) mass is 303 g/mol. The molecule has 22 heavy (non-hydrogen) atoms. The van der Waals surface area contributed by atoms with Crippen molar-refractivity contribution in [1.29, 1.82) is 0 Å². The summed E-state index contributed by atoms with van der Waals surface area (Å²) in [6, 6.07) is 0. The van der Waals surface area contributed by atoms with Crippen LogP contribution in [0.15, 0.2) is 23.3 Å². The zero-order valence-corrected chi connectivity index (χ0v) is 14.3. The first-order chi connectivity index (χ1) is 10.8. The maximum Gasteiger partial charge on any atom is 0.110 e. The Morgan fingerprint density at radius 2 is 2.00 bits per heavy atom. The molecule has 3 unspecified atom stereocenters. The molecule has 2 aliphatic carbocycles. The third kappa shape index (κ3) is 3.83. The molecule has 1 N–H and O–H groups in total. The molecule has 2 heteroatoms. The van der Waals surface area contributed by atoms with E-state index < -0.39 is 0 Å². The lowest BCUT2D eigenvalue weighted by Crippen LogP contribution is -2.44. The lowest BCUT2D eigenvalue weighted by Gasteiger charge is -2.38. The molecule has 3 rings (SSSR count). The highest BCUT2D eigenvalue weighted by Gasteiger charge is 2.30. The summed E-state index contributed by atoms with van der Waals surface area (Å²) in [6.45, 7) is 4.47. The Labute approximate surface area is 136 Å². The Morgan fingerprint density at radius 3 is 2.68 bits per heavy atom. The lowest BCUT2D eigenvalue weighted by atomic mass is 9.76. The van der Waals surface area contributed by atoms with E-state index in [-0.39, 0.29) is 6.23 Å². The van der Waals surface area contributed by atoms with Crippen LogP contribution in [0.1, 0.15) is 71.1 Å². The van der Waals surface area contributed by atoms with Crippen LogP contribution in [0.25, 0.3) is 0 Å². The normalized spacial score (nSPS) is 32.3. The largest absolute Gasteiger partial charge is 0.378 e. The van der Waals surface area contributed by atoms with Gasteiger partial charge >= 0.3 is 0 Å². The van der Waals surface area contributed by atoms with Crippen molar-refractivity contribution in [2.24, 2.45) is 11.8 Å². The maximum atomic E-state index is 10.8. The number of hydrogen-bond donors (Lipinski definition) is 1. The van der Waals surface area contributed by atoms with E-state index in [4.69, 9.17) is 0 Å². The fourth-order valence-corrected chi connectivity index (χ4v) is 4.59. The van der Waals surface area contributed by atoms with Crippen molar-refractivity contribution in [3.63, 3.8) is 0 Å². The first-order valence-corrected chi connectivity index (χ1v) is 9.57. The molecular formula is C20H33NO. The van der Waals surface area contributed by atoms with Gasteiger partial charge in [-0.05, 0) is 63.7 Å². The minimum absolute atomic E-state index is 0.200. The van der Waals surface area contributed by atoms with Crippen molar-refractivity contribution in [1.82, 2.24) is 4.90 Å². The van der Waals surface area contributed by atoms with E-state index in [0.717, 1.165) is 25.4 Å². The number of allylic oxidation sites excluding steroid dienone is 4. The maximum absolute atomic E-state index is 10.8. The molecule has 0 amide bonds. The fraction of sp³-hybridized carbons (Fsp3) is 0.800. The Morgan fingerprint density at radius 1 is 1.18 bits per heavy atom. The minimum atomic E-state index is -0.200. The summed E-state index contributed by atoms with van der Waals surface area (Å²) in [5.41, 5.74) is 3.30. The quantitative estimate of drug-likeness (QED) is 0.764. The highest BCUT2D eigenvalue weighted by molar-refractivity contribution is 5.17. The minimum Gasteiger partial charge on any atom is -0.378 e. The molecule has 1 saturated heterocycles. The molecule has 0 aromatic carbocycles. The van der Waals surface area contributed by atoms with E-state index in [1.165, 1.54) is 57.8 Å². The first kappa shape index (κ1) is 16.3. The van der Waals surface area contributed by atoms with E-state index in [0.29, 0.717) is 5.92 Å². The summed E-state index contributed by atoms with van der Waals surface area (Å²) in [5.74, 6) is 1.22. The standard InChI is InChI=1S/C20H33NO/c1-2-16-9-11-17(12-10-16)18-7-6-8-19(15-18)20(22)21-13-4-3-5-14-21/h7,9,17,19-20,22H,2-6,8,10-15H2,1H3. The number of rotatable bonds is 4. The van der Waals surface area contributed by atoms with Crippen molar-refractivity contribution >= 4 is 0 Å². The van der Waals surface area contributed by atoms with Crippen LogP contribution in [0.2, 0.25) is 0 Å². The summed E-state index contributed by atoms with van der Waals surface area (Å²) in [7, 11) is 0. The highest BCUT2D eigenvalue weighted by atomic mass is 16.3. The van der Waals surface area contributed by atoms with E-state index >= 15 is 0 Å². The molecule has 0 saturated carbocycles. The van der Waals surface area contributed by atoms with Crippen LogP contribution in [0.5, 0.6) is 0 Å². The van der Waals surface area contributed by atoms with Gasteiger partial charge in [-0.15, -0.1) is 0 Å². The highest BCUT2D eigenvalue weighted by Crippen LogP contribution is 2.38. The molecule has 0 bridgehead atoms. The third-order valence-corrected chi connectivity index (χ3v) is 6.11. The molecule has 3 atom stereocenters. The SMILES string of the molecule is CCC1=CCC(C2=CCCC(C(O)N3CCCCC3)C2)CC1. The predicted molar refractivity (Wildman–Crippen MR) is 92.6 cm³/mol. The average Bonchev–Trinajstić information content (AvgIpc) is 2.62. The number of likely N-dealkylation sites (tertiary alicyclic amines) is 1. The molecule has 0 radical (unpaired) electrons. The number of aliphatic hydroxyl groups is 1. The van der Waals surface area contributed by atoms with Gasteiger partial charge in [0.15, 0.2) is 0 Å². The fourth-order valence-electron chi connectivity index (χ4n) is 4.59. The summed E-state index contributed by atoms with van der Waals surface area (Å²) in [5, 5.41) is 10.8. The van der Waals surface area contributed by atoms with Crippen LogP contribution in [0.4, 0.5) is 0 Å². The van der Waals surface area contributed by atoms with Gasteiger partial charge in [-0.3, -0.25) is 4.90 Å². The van der Waals surface area contributed by atoms with Crippen molar-refractivity contribution in [3.05, 3.63) is 23.3 Å². The average molecular weight is 303 g/mol. The molecular weight excluding hydrogens is 270 g/mol. The molecule has 0 spiro atoms. The third-order valence-electron chi connectivity index (χ3n) is 6.11. The van der Waals surface area contributed by atoms with Crippen LogP contribution in [-0.2, 0) is 0 Å². The van der Waals surface area contributed by atoms with Gasteiger partial charge in [0.1, 0.15) is 6.23 Å². The van der Waals surface area contributed by atoms with Gasteiger partial charge in [-0.2, -0.15) is 0 Å². The number of aliphatic hydroxyl groups excluding tert-OH is 1. The van der Waals surface area contributed by atoms with E-state index in [1.807, 2.05) is 0 Å². The summed E-state index contributed by atoms with van der Waals surface area (Å²) in [6.07, 6.45) is 17.2. The van der Waals surface area contributed by atoms with Gasteiger partial charge in [0, 0.05) is 19.0 Å². The second-order valence-corrected chi connectivity index (χ2v) is 7.52. The Balaban J connectivity index is 1.57.